The molecule has 1 heterocycles. The Morgan fingerprint density at radius 1 is 1.00 bits per heavy atom. The van der Waals surface area contributed by atoms with Crippen molar-refractivity contribution in [2.75, 3.05) is 14.2 Å². The lowest BCUT2D eigenvalue weighted by Crippen LogP contribution is -2.68. The van der Waals surface area contributed by atoms with E-state index in [0.717, 1.165) is 5.01 Å². The smallest absolute Gasteiger partial charge is 0.442 e. The molecule has 182 valence electrons. The second kappa shape index (κ2) is 8.95. The molecule has 0 aromatic heterocycles. The molecule has 0 saturated carbocycles. The van der Waals surface area contributed by atoms with Gasteiger partial charge >= 0.3 is 12.2 Å². The molecule has 1 unspecified atom stereocenters. The van der Waals surface area contributed by atoms with Crippen LogP contribution in [-0.2, 0) is 23.9 Å². The van der Waals surface area contributed by atoms with Gasteiger partial charge in [-0.05, 0) is 48.5 Å². The molecule has 1 rings (SSSR count). The lowest BCUT2D eigenvalue weighted by Gasteiger charge is -2.40. The minimum Gasteiger partial charge on any atom is -0.442 e. The zero-order valence-corrected chi connectivity index (χ0v) is 21.1. The fraction of sp³-hybridized carbons (Fsp3) is 0.762. The van der Waals surface area contributed by atoms with Crippen molar-refractivity contribution < 1.29 is 33.5 Å². The molecule has 0 fully saturated rings. The Balaban J connectivity index is 3.84. The maximum atomic E-state index is 13.6. The number of likely N-dealkylation sites (N-methyl/N-ethyl adjacent to an activating group) is 1. The van der Waals surface area contributed by atoms with Crippen LogP contribution in [0.4, 0.5) is 9.59 Å². The predicted molar refractivity (Wildman–Crippen MR) is 118 cm³/mol. The summed E-state index contributed by atoms with van der Waals surface area (Å²) in [6.45, 7) is 16.7. The lowest BCUT2D eigenvalue weighted by atomic mass is 9.74. The first-order chi connectivity index (χ1) is 14.3. The van der Waals surface area contributed by atoms with Crippen LogP contribution in [-0.4, -0.2) is 70.5 Å². The number of amides is 2. The third-order valence-corrected chi connectivity index (χ3v) is 4.08. The maximum Gasteiger partial charge on any atom is 0.534 e. The van der Waals surface area contributed by atoms with Crippen LogP contribution in [0.2, 0.25) is 0 Å². The predicted octanol–water partition coefficient (Wildman–Crippen LogP) is 3.73. The van der Waals surface area contributed by atoms with Gasteiger partial charge in [-0.2, -0.15) is 5.10 Å². The van der Waals surface area contributed by atoms with Gasteiger partial charge in [0.25, 0.3) is 5.91 Å². The number of hydrazone groups is 1. The van der Waals surface area contributed by atoms with Crippen molar-refractivity contribution >= 4 is 29.6 Å². The Kier molecular flexibility index (Phi) is 7.60. The molecule has 0 radical (unpaired) electrons. The number of hydrogen-bond acceptors (Lipinski definition) is 9. The van der Waals surface area contributed by atoms with Crippen LogP contribution in [0.15, 0.2) is 10.3 Å². The van der Waals surface area contributed by atoms with Crippen molar-refractivity contribution in [3.05, 3.63) is 0 Å². The van der Waals surface area contributed by atoms with Crippen LogP contribution in [0.3, 0.4) is 0 Å². The Bertz CT molecular complexity index is 815. The largest absolute Gasteiger partial charge is 0.534 e. The lowest BCUT2D eigenvalue weighted by molar-refractivity contribution is -0.169. The van der Waals surface area contributed by atoms with Gasteiger partial charge in [0, 0.05) is 12.5 Å². The fourth-order valence-electron chi connectivity index (χ4n) is 3.04. The van der Waals surface area contributed by atoms with E-state index in [1.807, 2.05) is 0 Å². The number of oxime groups is 1. The fourth-order valence-corrected chi connectivity index (χ4v) is 3.04. The first-order valence-corrected chi connectivity index (χ1v) is 10.2. The van der Waals surface area contributed by atoms with Crippen molar-refractivity contribution in [2.45, 2.75) is 86.0 Å². The van der Waals surface area contributed by atoms with Crippen molar-refractivity contribution in [3.8, 4) is 0 Å². The number of hydroxylamine groups is 2. The zero-order chi connectivity index (χ0) is 25.3. The van der Waals surface area contributed by atoms with Crippen LogP contribution in [0.1, 0.15) is 69.2 Å². The molecule has 0 aromatic carbocycles. The summed E-state index contributed by atoms with van der Waals surface area (Å²) >= 11 is 0. The number of hydrogen-bond donors (Lipinski definition) is 0. The van der Waals surface area contributed by atoms with Crippen LogP contribution in [0.5, 0.6) is 0 Å². The molecule has 1 atom stereocenters. The maximum absolute atomic E-state index is 13.6. The molecule has 0 aliphatic carbocycles. The topological polar surface area (TPSA) is 119 Å². The summed E-state index contributed by atoms with van der Waals surface area (Å²) < 4.78 is 10.7. The summed E-state index contributed by atoms with van der Waals surface area (Å²) in [5, 5.41) is 9.88. The van der Waals surface area contributed by atoms with E-state index in [9.17, 15) is 14.4 Å². The summed E-state index contributed by atoms with van der Waals surface area (Å²) in [7, 11) is 2.72. The highest BCUT2D eigenvalue weighted by molar-refractivity contribution is 6.35. The quantitative estimate of drug-likeness (QED) is 0.360. The van der Waals surface area contributed by atoms with Gasteiger partial charge in [0.05, 0.1) is 11.4 Å². The monoisotopic (exact) mass is 456 g/mol. The Labute approximate surface area is 189 Å². The molecule has 0 saturated heterocycles. The average Bonchev–Trinajstić information content (AvgIpc) is 2.82. The number of rotatable bonds is 3. The van der Waals surface area contributed by atoms with E-state index < -0.39 is 40.3 Å². The average molecular weight is 457 g/mol. The minimum atomic E-state index is -2.05. The van der Waals surface area contributed by atoms with Gasteiger partial charge in [-0.15, -0.1) is 5.06 Å². The van der Waals surface area contributed by atoms with Gasteiger partial charge in [-0.3, -0.25) is 9.63 Å². The first-order valence-electron chi connectivity index (χ1n) is 10.2. The van der Waals surface area contributed by atoms with Gasteiger partial charge in [0.15, 0.2) is 0 Å². The van der Waals surface area contributed by atoms with E-state index in [0.29, 0.717) is 5.06 Å². The van der Waals surface area contributed by atoms with Crippen LogP contribution < -0.4 is 0 Å². The van der Waals surface area contributed by atoms with E-state index >= 15 is 0 Å². The molecular formula is C21H36N4O7. The second-order valence-corrected chi connectivity index (χ2v) is 10.4. The molecule has 0 spiro atoms. The second-order valence-electron chi connectivity index (χ2n) is 10.4. The number of carbonyl (C=O) groups is 3. The number of ether oxygens (including phenoxy) is 2. The van der Waals surface area contributed by atoms with Crippen molar-refractivity contribution in [2.24, 2.45) is 15.7 Å². The molecule has 11 heteroatoms. The van der Waals surface area contributed by atoms with Gasteiger partial charge in [-0.25, -0.2) is 14.6 Å². The summed E-state index contributed by atoms with van der Waals surface area (Å²) in [6, 6.07) is 0. The molecule has 1 aliphatic rings. The number of carbonyl (C=O) groups excluding carboxylic acids is 3. The molecule has 2 amide bonds. The van der Waals surface area contributed by atoms with Crippen molar-refractivity contribution in [1.82, 2.24) is 10.1 Å². The van der Waals surface area contributed by atoms with Gasteiger partial charge in [0.1, 0.15) is 18.3 Å². The highest BCUT2D eigenvalue weighted by atomic mass is 16.8. The molecule has 1 aliphatic heterocycles. The van der Waals surface area contributed by atoms with Crippen molar-refractivity contribution in [1.29, 1.82) is 0 Å². The summed E-state index contributed by atoms with van der Waals surface area (Å²) in [4.78, 5) is 49.8. The SMILES string of the molecule is CON=C(C)C1(N(OC(=O)OC(C)(C)C)C(=O)OC(C)(C)C)C(=O)N(C)N=C1C(C)(C)C. The standard InChI is InChI=1S/C21H36N4O7/c1-13(23-29-12)21(14(18(2,3)4)22-24(11)15(21)26)25(16(27)30-19(5,6)7)32-17(28)31-20(8,9)10/h1-12H3. The molecular weight excluding hydrogens is 420 g/mol. The number of nitrogens with zero attached hydrogens (tertiary/aromatic N) is 4. The van der Waals surface area contributed by atoms with E-state index in [1.165, 1.54) is 21.1 Å². The van der Waals surface area contributed by atoms with Crippen LogP contribution >= 0.6 is 0 Å². The van der Waals surface area contributed by atoms with E-state index in [2.05, 4.69) is 10.3 Å². The third-order valence-electron chi connectivity index (χ3n) is 4.08. The van der Waals surface area contributed by atoms with Crippen LogP contribution in [0.25, 0.3) is 0 Å². The Morgan fingerprint density at radius 3 is 1.91 bits per heavy atom. The Hall–Kier alpha value is -2.85. The molecule has 0 aromatic rings. The molecule has 11 nitrogen and oxygen atoms in total. The zero-order valence-electron chi connectivity index (χ0n) is 21.1. The van der Waals surface area contributed by atoms with E-state index in [4.69, 9.17) is 19.1 Å². The summed E-state index contributed by atoms with van der Waals surface area (Å²) in [5.74, 6) is -0.685. The van der Waals surface area contributed by atoms with Gasteiger partial charge in [-0.1, -0.05) is 25.9 Å². The molecule has 0 N–H and O–H groups in total. The minimum absolute atomic E-state index is 0.0115. The highest BCUT2D eigenvalue weighted by Crippen LogP contribution is 2.38. The molecule has 32 heavy (non-hydrogen) atoms. The normalized spacial score (nSPS) is 20.0. The third kappa shape index (κ3) is 5.89. The summed E-state index contributed by atoms with van der Waals surface area (Å²) in [6.07, 6.45) is -2.31. The highest BCUT2D eigenvalue weighted by Gasteiger charge is 2.65. The summed E-state index contributed by atoms with van der Waals surface area (Å²) in [5.41, 5.74) is -4.49. The molecule has 0 bridgehead atoms. The van der Waals surface area contributed by atoms with Crippen LogP contribution in [0, 0.1) is 5.41 Å². The van der Waals surface area contributed by atoms with Crippen molar-refractivity contribution in [3.63, 3.8) is 0 Å². The van der Waals surface area contributed by atoms with E-state index in [-0.39, 0.29) is 11.4 Å². The van der Waals surface area contributed by atoms with Gasteiger partial charge in [0.2, 0.25) is 5.54 Å². The Morgan fingerprint density at radius 2 is 1.50 bits per heavy atom. The van der Waals surface area contributed by atoms with E-state index in [1.54, 1.807) is 62.3 Å². The van der Waals surface area contributed by atoms with Gasteiger partial charge < -0.3 is 14.3 Å². The first kappa shape index (κ1) is 27.2.